The minimum atomic E-state index is -4.46. The number of hydrogen-bond acceptors (Lipinski definition) is 3. The van der Waals surface area contributed by atoms with Gasteiger partial charge in [-0.3, -0.25) is 0 Å². The van der Waals surface area contributed by atoms with Crippen LogP contribution in [-0.4, -0.2) is 11.7 Å². The van der Waals surface area contributed by atoms with Crippen molar-refractivity contribution in [2.75, 3.05) is 0 Å². The lowest BCUT2D eigenvalue weighted by molar-refractivity contribution is -0.137. The highest BCUT2D eigenvalue weighted by Gasteiger charge is 2.47. The molecule has 0 amide bonds. The van der Waals surface area contributed by atoms with E-state index in [-0.39, 0.29) is 5.56 Å². The Labute approximate surface area is 185 Å². The minimum Gasteiger partial charge on any atom is -0.313 e. The predicted octanol–water partition coefficient (Wildman–Crippen LogP) is 6.76. The zero-order chi connectivity index (χ0) is 22.1. The number of halogens is 4. The Hall–Kier alpha value is -2.93. The molecule has 0 radical (unpaired) electrons. The van der Waals surface area contributed by atoms with Gasteiger partial charge in [-0.1, -0.05) is 63.6 Å². The zero-order valence-corrected chi connectivity index (χ0v) is 17.8. The molecule has 1 saturated carbocycles. The Morgan fingerprint density at radius 1 is 0.935 bits per heavy atom. The van der Waals surface area contributed by atoms with E-state index in [1.807, 2.05) is 54.6 Å². The number of carbonyl (C=O) groups is 1. The Kier molecular flexibility index (Phi) is 5.71. The van der Waals surface area contributed by atoms with Crippen LogP contribution in [0.15, 0.2) is 88.5 Å². The number of alkyl halides is 3. The molecule has 31 heavy (non-hydrogen) atoms. The molecule has 0 aliphatic heterocycles. The number of carbonyl (C=O) groups excluding carboxylic acids is 1. The minimum absolute atomic E-state index is 0.00411. The molecule has 1 fully saturated rings. The van der Waals surface area contributed by atoms with Crippen LogP contribution in [0.1, 0.15) is 39.9 Å². The van der Waals surface area contributed by atoms with Crippen molar-refractivity contribution in [2.45, 2.75) is 24.4 Å². The van der Waals surface area contributed by atoms with Crippen molar-refractivity contribution in [3.63, 3.8) is 0 Å². The second kappa shape index (κ2) is 8.30. The molecule has 1 aliphatic rings. The van der Waals surface area contributed by atoms with E-state index in [0.29, 0.717) is 12.1 Å². The van der Waals surface area contributed by atoms with Gasteiger partial charge in [-0.25, -0.2) is 4.79 Å². The molecule has 0 saturated heterocycles. The fourth-order valence-electron chi connectivity index (χ4n) is 3.82. The van der Waals surface area contributed by atoms with Crippen LogP contribution in [0, 0.1) is 0 Å². The molecule has 1 aliphatic carbocycles. The Morgan fingerprint density at radius 2 is 1.61 bits per heavy atom. The number of rotatable bonds is 4. The molecule has 0 spiro atoms. The molecule has 3 aromatic rings. The van der Waals surface area contributed by atoms with Crippen LogP contribution < -0.4 is 0 Å². The largest absolute Gasteiger partial charge is 0.416 e. The first kappa shape index (κ1) is 21.3. The summed E-state index contributed by atoms with van der Waals surface area (Å²) in [6.07, 6.45) is -3.03. The molecular formula is C24H17BrF3NO2. The van der Waals surface area contributed by atoms with Gasteiger partial charge in [-0.05, 0) is 60.4 Å². The molecular weight excluding hydrogens is 471 g/mol. The van der Waals surface area contributed by atoms with Crippen molar-refractivity contribution in [2.24, 2.45) is 5.16 Å². The van der Waals surface area contributed by atoms with Gasteiger partial charge in [0.1, 0.15) is 0 Å². The van der Waals surface area contributed by atoms with Crippen LogP contribution in [0.3, 0.4) is 0 Å². The number of hydrogen-bond donors (Lipinski definition) is 0. The van der Waals surface area contributed by atoms with Crippen LogP contribution in [0.4, 0.5) is 13.2 Å². The SMILES string of the molecule is O=C(ON=C1CCC1(c1ccccc1)c1cccc(Br)c1)c1ccc(C(F)(F)F)cc1. The number of nitrogens with zero attached hydrogens (tertiary/aromatic N) is 1. The monoisotopic (exact) mass is 487 g/mol. The summed E-state index contributed by atoms with van der Waals surface area (Å²) >= 11 is 3.51. The Morgan fingerprint density at radius 3 is 2.19 bits per heavy atom. The lowest BCUT2D eigenvalue weighted by atomic mass is 9.59. The summed E-state index contributed by atoms with van der Waals surface area (Å²) in [4.78, 5) is 17.5. The average molecular weight is 488 g/mol. The van der Waals surface area contributed by atoms with Gasteiger partial charge in [0.25, 0.3) is 0 Å². The first-order valence-corrected chi connectivity index (χ1v) is 10.4. The van der Waals surface area contributed by atoms with Gasteiger partial charge in [-0.15, -0.1) is 0 Å². The van der Waals surface area contributed by atoms with Crippen molar-refractivity contribution < 1.29 is 22.8 Å². The zero-order valence-electron chi connectivity index (χ0n) is 16.2. The highest BCUT2D eigenvalue weighted by atomic mass is 79.9. The summed E-state index contributed by atoms with van der Waals surface area (Å²) in [6, 6.07) is 21.6. The maximum Gasteiger partial charge on any atom is 0.416 e. The van der Waals surface area contributed by atoms with Crippen molar-refractivity contribution in [3.05, 3.63) is 106 Å². The summed E-state index contributed by atoms with van der Waals surface area (Å²) in [6.45, 7) is 0. The standard InChI is InChI=1S/C24H17BrF3NO2/c25-20-8-4-7-19(15-20)23(17-5-2-1-3-6-17)14-13-21(23)29-31-22(30)16-9-11-18(12-10-16)24(26,27)28/h1-12,15H,13-14H2. The molecule has 3 aromatic carbocycles. The van der Waals surface area contributed by atoms with Crippen molar-refractivity contribution in [1.82, 2.24) is 0 Å². The molecule has 0 heterocycles. The quantitative estimate of drug-likeness (QED) is 0.301. The summed E-state index contributed by atoms with van der Waals surface area (Å²) in [5, 5.41) is 4.14. The molecule has 3 nitrogen and oxygen atoms in total. The van der Waals surface area contributed by atoms with E-state index in [0.717, 1.165) is 46.3 Å². The van der Waals surface area contributed by atoms with E-state index in [1.54, 1.807) is 0 Å². The highest BCUT2D eigenvalue weighted by molar-refractivity contribution is 9.10. The third-order valence-corrected chi connectivity index (χ3v) is 5.99. The average Bonchev–Trinajstić information content (AvgIpc) is 2.74. The molecule has 4 rings (SSSR count). The Balaban J connectivity index is 1.63. The van der Waals surface area contributed by atoms with E-state index in [4.69, 9.17) is 4.84 Å². The van der Waals surface area contributed by atoms with Crippen molar-refractivity contribution >= 4 is 27.6 Å². The molecule has 0 N–H and O–H groups in total. The van der Waals surface area contributed by atoms with Crippen molar-refractivity contribution in [3.8, 4) is 0 Å². The summed E-state index contributed by atoms with van der Waals surface area (Å²) in [5.41, 5.74) is 1.40. The smallest absolute Gasteiger partial charge is 0.313 e. The molecule has 1 atom stereocenters. The van der Waals surface area contributed by atoms with E-state index in [2.05, 4.69) is 21.1 Å². The second-order valence-corrected chi connectivity index (χ2v) is 8.19. The van der Waals surface area contributed by atoms with Gasteiger partial charge < -0.3 is 4.84 Å². The molecule has 0 aromatic heterocycles. The molecule has 7 heteroatoms. The maximum atomic E-state index is 12.7. The summed E-state index contributed by atoms with van der Waals surface area (Å²) < 4.78 is 39.1. The highest BCUT2D eigenvalue weighted by Crippen LogP contribution is 2.47. The van der Waals surface area contributed by atoms with Gasteiger partial charge in [0.05, 0.1) is 22.3 Å². The fraction of sp³-hybridized carbons (Fsp3) is 0.167. The van der Waals surface area contributed by atoms with Gasteiger partial charge in [0.15, 0.2) is 0 Å². The first-order chi connectivity index (χ1) is 14.8. The Bertz CT molecular complexity index is 1130. The maximum absolute atomic E-state index is 12.7. The van der Waals surface area contributed by atoms with Crippen LogP contribution in [0.5, 0.6) is 0 Å². The van der Waals surface area contributed by atoms with Gasteiger partial charge >= 0.3 is 12.1 Å². The number of oxime groups is 1. The first-order valence-electron chi connectivity index (χ1n) is 9.58. The van der Waals surface area contributed by atoms with Gasteiger partial charge in [0, 0.05) is 4.47 Å². The fourth-order valence-corrected chi connectivity index (χ4v) is 4.22. The summed E-state index contributed by atoms with van der Waals surface area (Å²) in [5.74, 6) is -0.802. The van der Waals surface area contributed by atoms with E-state index in [1.165, 1.54) is 0 Å². The van der Waals surface area contributed by atoms with Gasteiger partial charge in [-0.2, -0.15) is 13.2 Å². The van der Waals surface area contributed by atoms with E-state index in [9.17, 15) is 18.0 Å². The van der Waals surface area contributed by atoms with Crippen LogP contribution in [-0.2, 0) is 16.4 Å². The third-order valence-electron chi connectivity index (χ3n) is 5.50. The lowest BCUT2D eigenvalue weighted by Crippen LogP contribution is -2.46. The lowest BCUT2D eigenvalue weighted by Gasteiger charge is -2.43. The molecule has 158 valence electrons. The van der Waals surface area contributed by atoms with Crippen molar-refractivity contribution in [1.29, 1.82) is 0 Å². The van der Waals surface area contributed by atoms with Crippen LogP contribution in [0.25, 0.3) is 0 Å². The third kappa shape index (κ3) is 4.14. The number of benzene rings is 3. The van der Waals surface area contributed by atoms with Crippen LogP contribution >= 0.6 is 15.9 Å². The van der Waals surface area contributed by atoms with Crippen LogP contribution in [0.2, 0.25) is 0 Å². The topological polar surface area (TPSA) is 38.7 Å². The van der Waals surface area contributed by atoms with Gasteiger partial charge in [0.2, 0.25) is 0 Å². The predicted molar refractivity (Wildman–Crippen MR) is 115 cm³/mol. The van der Waals surface area contributed by atoms with E-state index < -0.39 is 23.1 Å². The normalized spacial score (nSPS) is 19.7. The molecule has 1 unspecified atom stereocenters. The molecule has 0 bridgehead atoms. The summed E-state index contributed by atoms with van der Waals surface area (Å²) in [7, 11) is 0. The second-order valence-electron chi connectivity index (χ2n) is 7.27. The van der Waals surface area contributed by atoms with E-state index >= 15 is 0 Å².